The van der Waals surface area contributed by atoms with Crippen LogP contribution >= 0.6 is 0 Å². The van der Waals surface area contributed by atoms with Gasteiger partial charge >= 0.3 is 0 Å². The summed E-state index contributed by atoms with van der Waals surface area (Å²) in [5.74, 6) is 2.40. The zero-order chi connectivity index (χ0) is 21.2. The average Bonchev–Trinajstić information content (AvgIpc) is 2.78. The standard InChI is InChI=1S/C23H30N4O3/c1-3-24-23(26-15-13-18-9-11-19(29-2)12-10-18)25-14-6-16-27-20-7-4-5-8-21(20)30-17-22(27)28/h4-5,7-12H,3,6,13-17H2,1-2H3,(H2,24,25,26). The normalized spacial score (nSPS) is 13.5. The first-order valence-electron chi connectivity index (χ1n) is 10.4. The maximum Gasteiger partial charge on any atom is 0.265 e. The van der Waals surface area contributed by atoms with Crippen LogP contribution in [0.4, 0.5) is 5.69 Å². The van der Waals surface area contributed by atoms with Crippen molar-refractivity contribution in [3.8, 4) is 11.5 Å². The van der Waals surface area contributed by atoms with Gasteiger partial charge in [-0.1, -0.05) is 24.3 Å². The molecule has 1 heterocycles. The number of ether oxygens (including phenoxy) is 2. The van der Waals surface area contributed by atoms with Crippen LogP contribution in [0.15, 0.2) is 53.5 Å². The third kappa shape index (κ3) is 5.89. The number of hydrogen-bond donors (Lipinski definition) is 2. The van der Waals surface area contributed by atoms with Crippen LogP contribution in [0.2, 0.25) is 0 Å². The Labute approximate surface area is 178 Å². The van der Waals surface area contributed by atoms with Gasteiger partial charge < -0.3 is 25.0 Å². The number of anilines is 1. The van der Waals surface area contributed by atoms with Crippen molar-refractivity contribution in [2.45, 2.75) is 19.8 Å². The number of aliphatic imine (C=N–C) groups is 1. The fraction of sp³-hybridized carbons (Fsp3) is 0.391. The molecule has 7 nitrogen and oxygen atoms in total. The summed E-state index contributed by atoms with van der Waals surface area (Å²) in [7, 11) is 1.67. The molecule has 0 saturated heterocycles. The Morgan fingerprint density at radius 1 is 1.17 bits per heavy atom. The molecule has 1 aliphatic heterocycles. The SMILES string of the molecule is CCNC(=NCCCN1C(=O)COc2ccccc21)NCCc1ccc(OC)cc1. The molecule has 0 bridgehead atoms. The number of nitrogens with one attached hydrogen (secondary N) is 2. The predicted octanol–water partition coefficient (Wildman–Crippen LogP) is 2.61. The topological polar surface area (TPSA) is 75.2 Å². The van der Waals surface area contributed by atoms with Gasteiger partial charge in [-0.25, -0.2) is 0 Å². The molecule has 7 heteroatoms. The zero-order valence-electron chi connectivity index (χ0n) is 17.7. The number of amides is 1. The first kappa shape index (κ1) is 21.5. The Morgan fingerprint density at radius 2 is 1.97 bits per heavy atom. The van der Waals surface area contributed by atoms with Crippen molar-refractivity contribution in [2.75, 3.05) is 44.8 Å². The summed E-state index contributed by atoms with van der Waals surface area (Å²) in [6.45, 7) is 4.97. The van der Waals surface area contributed by atoms with Crippen LogP contribution in [0.5, 0.6) is 11.5 Å². The fourth-order valence-corrected chi connectivity index (χ4v) is 3.28. The first-order valence-corrected chi connectivity index (χ1v) is 10.4. The number of methoxy groups -OCH3 is 1. The minimum absolute atomic E-state index is 0.0118. The third-order valence-corrected chi connectivity index (χ3v) is 4.83. The second-order valence-corrected chi connectivity index (χ2v) is 6.94. The molecule has 0 aliphatic carbocycles. The number of carbonyl (C=O) groups excluding carboxylic acids is 1. The van der Waals surface area contributed by atoms with E-state index in [1.165, 1.54) is 5.56 Å². The van der Waals surface area contributed by atoms with Crippen LogP contribution in [0.25, 0.3) is 0 Å². The molecular formula is C23H30N4O3. The van der Waals surface area contributed by atoms with E-state index in [9.17, 15) is 4.79 Å². The molecule has 30 heavy (non-hydrogen) atoms. The Kier molecular flexibility index (Phi) is 7.94. The number of nitrogens with zero attached hydrogens (tertiary/aromatic N) is 2. The van der Waals surface area contributed by atoms with Crippen molar-refractivity contribution in [2.24, 2.45) is 4.99 Å². The van der Waals surface area contributed by atoms with Gasteiger partial charge in [-0.15, -0.1) is 0 Å². The number of para-hydroxylation sites is 2. The Hall–Kier alpha value is -3.22. The molecule has 2 N–H and O–H groups in total. The van der Waals surface area contributed by atoms with Crippen molar-refractivity contribution < 1.29 is 14.3 Å². The smallest absolute Gasteiger partial charge is 0.265 e. The largest absolute Gasteiger partial charge is 0.497 e. The number of guanidine groups is 1. The average molecular weight is 411 g/mol. The van der Waals surface area contributed by atoms with Crippen molar-refractivity contribution in [1.82, 2.24) is 10.6 Å². The first-order chi connectivity index (χ1) is 14.7. The van der Waals surface area contributed by atoms with Crippen molar-refractivity contribution in [3.05, 3.63) is 54.1 Å². The second kappa shape index (κ2) is 11.1. The Morgan fingerprint density at radius 3 is 2.73 bits per heavy atom. The zero-order valence-corrected chi connectivity index (χ0v) is 17.7. The molecular weight excluding hydrogens is 380 g/mol. The second-order valence-electron chi connectivity index (χ2n) is 6.94. The summed E-state index contributed by atoms with van der Waals surface area (Å²) in [4.78, 5) is 18.7. The van der Waals surface area contributed by atoms with E-state index in [4.69, 9.17) is 9.47 Å². The van der Waals surface area contributed by atoms with E-state index in [1.807, 2.05) is 43.3 Å². The molecule has 2 aromatic carbocycles. The van der Waals surface area contributed by atoms with Crippen LogP contribution in [-0.4, -0.2) is 51.8 Å². The molecule has 160 valence electrons. The van der Waals surface area contributed by atoms with E-state index in [0.717, 1.165) is 49.1 Å². The third-order valence-electron chi connectivity index (χ3n) is 4.83. The number of rotatable bonds is 9. The maximum absolute atomic E-state index is 12.2. The monoisotopic (exact) mass is 410 g/mol. The van der Waals surface area contributed by atoms with Crippen LogP contribution in [-0.2, 0) is 11.2 Å². The van der Waals surface area contributed by atoms with Gasteiger partial charge in [0.25, 0.3) is 5.91 Å². The molecule has 1 aliphatic rings. The van der Waals surface area contributed by atoms with Crippen molar-refractivity contribution in [1.29, 1.82) is 0 Å². The van der Waals surface area contributed by atoms with Gasteiger partial charge in [0.15, 0.2) is 12.6 Å². The molecule has 0 unspecified atom stereocenters. The van der Waals surface area contributed by atoms with E-state index in [-0.39, 0.29) is 12.5 Å². The van der Waals surface area contributed by atoms with E-state index in [1.54, 1.807) is 12.0 Å². The van der Waals surface area contributed by atoms with E-state index >= 15 is 0 Å². The lowest BCUT2D eigenvalue weighted by Gasteiger charge is -2.29. The molecule has 0 aromatic heterocycles. The summed E-state index contributed by atoms with van der Waals surface area (Å²) < 4.78 is 10.7. The Bertz CT molecular complexity index is 852. The lowest BCUT2D eigenvalue weighted by atomic mass is 10.1. The van der Waals surface area contributed by atoms with Crippen molar-refractivity contribution in [3.63, 3.8) is 0 Å². The van der Waals surface area contributed by atoms with Crippen LogP contribution in [0.3, 0.4) is 0 Å². The fourth-order valence-electron chi connectivity index (χ4n) is 3.28. The van der Waals surface area contributed by atoms with Gasteiger partial charge in [-0.05, 0) is 49.6 Å². The number of carbonyl (C=O) groups is 1. The molecule has 0 spiro atoms. The quantitative estimate of drug-likeness (QED) is 0.378. The van der Waals surface area contributed by atoms with E-state index in [2.05, 4.69) is 27.8 Å². The maximum atomic E-state index is 12.2. The Balaban J connectivity index is 1.47. The highest BCUT2D eigenvalue weighted by molar-refractivity contribution is 5.97. The van der Waals surface area contributed by atoms with Gasteiger partial charge in [0.1, 0.15) is 11.5 Å². The minimum atomic E-state index is -0.0118. The summed E-state index contributed by atoms with van der Waals surface area (Å²) in [6, 6.07) is 15.7. The number of hydrogen-bond acceptors (Lipinski definition) is 4. The molecule has 0 atom stereocenters. The lowest BCUT2D eigenvalue weighted by Crippen LogP contribution is -2.40. The van der Waals surface area contributed by atoms with Gasteiger partial charge in [0, 0.05) is 26.2 Å². The molecule has 0 saturated carbocycles. The van der Waals surface area contributed by atoms with E-state index in [0.29, 0.717) is 13.1 Å². The summed E-state index contributed by atoms with van der Waals surface area (Å²) >= 11 is 0. The van der Waals surface area contributed by atoms with Gasteiger partial charge in [0.2, 0.25) is 0 Å². The highest BCUT2D eigenvalue weighted by Gasteiger charge is 2.24. The van der Waals surface area contributed by atoms with Crippen LogP contribution < -0.4 is 25.0 Å². The predicted molar refractivity (Wildman–Crippen MR) is 120 cm³/mol. The number of benzene rings is 2. The molecule has 0 radical (unpaired) electrons. The van der Waals surface area contributed by atoms with E-state index < -0.39 is 0 Å². The van der Waals surface area contributed by atoms with Gasteiger partial charge in [-0.2, -0.15) is 0 Å². The number of fused-ring (bicyclic) bond motifs is 1. The molecule has 2 aromatic rings. The highest BCUT2D eigenvalue weighted by atomic mass is 16.5. The van der Waals surface area contributed by atoms with Crippen LogP contribution in [0, 0.1) is 0 Å². The summed E-state index contributed by atoms with van der Waals surface area (Å²) in [5, 5.41) is 6.64. The lowest BCUT2D eigenvalue weighted by molar-refractivity contribution is -0.121. The van der Waals surface area contributed by atoms with Gasteiger partial charge in [-0.3, -0.25) is 9.79 Å². The molecule has 1 amide bonds. The minimum Gasteiger partial charge on any atom is -0.497 e. The van der Waals surface area contributed by atoms with Crippen molar-refractivity contribution >= 4 is 17.6 Å². The van der Waals surface area contributed by atoms with Crippen LogP contribution in [0.1, 0.15) is 18.9 Å². The van der Waals surface area contributed by atoms with Gasteiger partial charge in [0.05, 0.1) is 12.8 Å². The summed E-state index contributed by atoms with van der Waals surface area (Å²) in [6.07, 6.45) is 1.67. The highest BCUT2D eigenvalue weighted by Crippen LogP contribution is 2.31. The molecule has 0 fully saturated rings. The molecule has 3 rings (SSSR count). The summed E-state index contributed by atoms with van der Waals surface area (Å²) in [5.41, 5.74) is 2.07.